The number of hydrogen-bond donors (Lipinski definition) is 0. The summed E-state index contributed by atoms with van der Waals surface area (Å²) >= 11 is 0. The van der Waals surface area contributed by atoms with Crippen LogP contribution in [-0.4, -0.2) is 23.8 Å². The van der Waals surface area contributed by atoms with E-state index >= 15 is 0 Å². The number of rotatable bonds is 10. The third-order valence-corrected chi connectivity index (χ3v) is 7.35. The van der Waals surface area contributed by atoms with Crippen LogP contribution in [0.25, 0.3) is 22.0 Å². The van der Waals surface area contributed by atoms with Crippen molar-refractivity contribution in [1.82, 2.24) is 4.57 Å². The number of esters is 1. The zero-order valence-electron chi connectivity index (χ0n) is 22.7. The van der Waals surface area contributed by atoms with Crippen LogP contribution in [0.4, 0.5) is 0 Å². The fraction of sp³-hybridized carbons (Fsp3) is 0.419. The summed E-state index contributed by atoms with van der Waals surface area (Å²) in [4.78, 5) is 25.1. The summed E-state index contributed by atoms with van der Waals surface area (Å²) in [6, 6.07) is 17.7. The highest BCUT2D eigenvalue weighted by Crippen LogP contribution is 2.42. The van der Waals surface area contributed by atoms with Crippen molar-refractivity contribution in [2.45, 2.75) is 60.9 Å². The molecule has 1 aromatic heterocycles. The SMILES string of the molecule is C=C(C)C(=O)OCCC(C)(C)C(C)(C)COc1ccc2c(c1)cc(-c1ccccc1)c(=O)n2C(C)C. The number of nitrogens with zero attached hydrogens (tertiary/aromatic N) is 1. The van der Waals surface area contributed by atoms with Crippen LogP contribution >= 0.6 is 0 Å². The Bertz CT molecular complexity index is 1300. The molecule has 5 heteroatoms. The standard InChI is InChI=1S/C31H39NO4/c1-21(2)29(34)35-17-16-30(5,6)31(7,8)20-36-25-14-15-27-24(18-25)19-26(23-12-10-9-11-13-23)28(33)32(27)22(3)4/h9-15,18-19,22H,1,16-17,20H2,2-8H3. The number of pyridine rings is 1. The summed E-state index contributed by atoms with van der Waals surface area (Å²) in [5.74, 6) is 0.402. The summed E-state index contributed by atoms with van der Waals surface area (Å²) in [6.45, 7) is 18.8. The van der Waals surface area contributed by atoms with Gasteiger partial charge in [-0.2, -0.15) is 0 Å². The highest BCUT2D eigenvalue weighted by Gasteiger charge is 2.37. The maximum absolute atomic E-state index is 13.3. The fourth-order valence-electron chi connectivity index (χ4n) is 4.07. The maximum Gasteiger partial charge on any atom is 0.333 e. The van der Waals surface area contributed by atoms with E-state index in [-0.39, 0.29) is 28.4 Å². The number of hydrogen-bond acceptors (Lipinski definition) is 4. The van der Waals surface area contributed by atoms with E-state index in [1.807, 2.05) is 73.0 Å². The number of aromatic nitrogens is 1. The van der Waals surface area contributed by atoms with E-state index in [4.69, 9.17) is 9.47 Å². The molecule has 0 unspecified atom stereocenters. The minimum Gasteiger partial charge on any atom is -0.493 e. The lowest BCUT2D eigenvalue weighted by Crippen LogP contribution is -2.38. The molecule has 192 valence electrons. The first-order valence-electron chi connectivity index (χ1n) is 12.5. The van der Waals surface area contributed by atoms with Gasteiger partial charge in [-0.05, 0) is 62.4 Å². The van der Waals surface area contributed by atoms with Gasteiger partial charge < -0.3 is 14.0 Å². The Kier molecular flexibility index (Phi) is 8.12. The van der Waals surface area contributed by atoms with Gasteiger partial charge in [0.25, 0.3) is 5.56 Å². The zero-order chi connectivity index (χ0) is 26.7. The normalized spacial score (nSPS) is 12.1. The Hall–Kier alpha value is -3.34. The monoisotopic (exact) mass is 489 g/mol. The molecular formula is C31H39NO4. The summed E-state index contributed by atoms with van der Waals surface area (Å²) < 4.78 is 13.5. The molecule has 2 aromatic carbocycles. The van der Waals surface area contributed by atoms with Crippen LogP contribution in [0.5, 0.6) is 5.75 Å². The van der Waals surface area contributed by atoms with E-state index in [2.05, 4.69) is 34.3 Å². The molecule has 0 amide bonds. The lowest BCUT2D eigenvalue weighted by atomic mass is 9.66. The lowest BCUT2D eigenvalue weighted by Gasteiger charge is -2.41. The van der Waals surface area contributed by atoms with E-state index < -0.39 is 0 Å². The molecule has 1 heterocycles. The molecule has 3 rings (SSSR count). The van der Waals surface area contributed by atoms with Gasteiger partial charge in [0.1, 0.15) is 5.75 Å². The highest BCUT2D eigenvalue weighted by molar-refractivity contribution is 5.87. The first-order valence-corrected chi connectivity index (χ1v) is 12.5. The van der Waals surface area contributed by atoms with Gasteiger partial charge in [0.05, 0.1) is 18.7 Å². The van der Waals surface area contributed by atoms with Crippen LogP contribution < -0.4 is 10.3 Å². The van der Waals surface area contributed by atoms with Crippen molar-refractivity contribution < 1.29 is 14.3 Å². The average molecular weight is 490 g/mol. The van der Waals surface area contributed by atoms with Crippen molar-refractivity contribution in [3.05, 3.63) is 77.1 Å². The summed E-state index contributed by atoms with van der Waals surface area (Å²) in [7, 11) is 0. The molecule has 0 saturated carbocycles. The number of ether oxygens (including phenoxy) is 2. The van der Waals surface area contributed by atoms with Crippen LogP contribution in [0, 0.1) is 10.8 Å². The Morgan fingerprint density at radius 3 is 2.28 bits per heavy atom. The van der Waals surface area contributed by atoms with Gasteiger partial charge in [-0.3, -0.25) is 4.79 Å². The van der Waals surface area contributed by atoms with E-state index in [0.29, 0.717) is 30.8 Å². The third kappa shape index (κ3) is 5.89. The van der Waals surface area contributed by atoms with E-state index in [9.17, 15) is 9.59 Å². The second-order valence-corrected chi connectivity index (χ2v) is 11.1. The maximum atomic E-state index is 13.3. The van der Waals surface area contributed by atoms with Crippen molar-refractivity contribution in [1.29, 1.82) is 0 Å². The fourth-order valence-corrected chi connectivity index (χ4v) is 4.07. The van der Waals surface area contributed by atoms with Crippen molar-refractivity contribution in [2.24, 2.45) is 10.8 Å². The Balaban J connectivity index is 1.85. The minimum absolute atomic E-state index is 0.00704. The number of carbonyl (C=O) groups excluding carboxylic acids is 1. The predicted molar refractivity (Wildman–Crippen MR) is 147 cm³/mol. The predicted octanol–water partition coefficient (Wildman–Crippen LogP) is 7.19. The molecule has 3 aromatic rings. The van der Waals surface area contributed by atoms with Crippen molar-refractivity contribution in [3.8, 4) is 16.9 Å². The molecule has 0 saturated heterocycles. The average Bonchev–Trinajstić information content (AvgIpc) is 2.82. The van der Waals surface area contributed by atoms with Gasteiger partial charge in [-0.25, -0.2) is 4.79 Å². The first kappa shape index (κ1) is 27.3. The number of fused-ring (bicyclic) bond motifs is 1. The molecule has 0 atom stereocenters. The van der Waals surface area contributed by atoms with Crippen LogP contribution in [0.15, 0.2) is 71.5 Å². The molecule has 0 bridgehead atoms. The van der Waals surface area contributed by atoms with Crippen molar-refractivity contribution in [3.63, 3.8) is 0 Å². The van der Waals surface area contributed by atoms with Crippen molar-refractivity contribution in [2.75, 3.05) is 13.2 Å². The molecule has 5 nitrogen and oxygen atoms in total. The van der Waals surface area contributed by atoms with E-state index in [1.165, 1.54) is 0 Å². The molecule has 0 aliphatic carbocycles. The molecule has 0 spiro atoms. The lowest BCUT2D eigenvalue weighted by molar-refractivity contribution is -0.140. The van der Waals surface area contributed by atoms with Crippen molar-refractivity contribution >= 4 is 16.9 Å². The summed E-state index contributed by atoms with van der Waals surface area (Å²) in [6.07, 6.45) is 0.710. The van der Waals surface area contributed by atoms with Gasteiger partial charge in [-0.1, -0.05) is 64.6 Å². The Labute approximate surface area is 214 Å². The molecule has 0 aliphatic heterocycles. The number of benzene rings is 2. The van der Waals surface area contributed by atoms with Gasteiger partial charge in [0.15, 0.2) is 0 Å². The molecule has 0 radical (unpaired) electrons. The van der Waals surface area contributed by atoms with Crippen LogP contribution in [0.2, 0.25) is 0 Å². The second-order valence-electron chi connectivity index (χ2n) is 11.1. The molecule has 0 aliphatic rings. The third-order valence-electron chi connectivity index (χ3n) is 7.35. The van der Waals surface area contributed by atoms with Crippen LogP contribution in [-0.2, 0) is 9.53 Å². The van der Waals surface area contributed by atoms with Gasteiger partial charge in [-0.15, -0.1) is 0 Å². The largest absolute Gasteiger partial charge is 0.493 e. The molecule has 0 fully saturated rings. The second kappa shape index (κ2) is 10.7. The highest BCUT2D eigenvalue weighted by atomic mass is 16.5. The minimum atomic E-state index is -0.356. The quantitative estimate of drug-likeness (QED) is 0.223. The molecule has 0 N–H and O–H groups in total. The smallest absolute Gasteiger partial charge is 0.333 e. The Morgan fingerprint density at radius 1 is 1.00 bits per heavy atom. The summed E-state index contributed by atoms with van der Waals surface area (Å²) in [5.41, 5.74) is 2.56. The van der Waals surface area contributed by atoms with Gasteiger partial charge >= 0.3 is 5.97 Å². The van der Waals surface area contributed by atoms with E-state index in [0.717, 1.165) is 22.2 Å². The number of carbonyl (C=O) groups is 1. The summed E-state index contributed by atoms with van der Waals surface area (Å²) in [5, 5.41) is 0.962. The molecule has 36 heavy (non-hydrogen) atoms. The van der Waals surface area contributed by atoms with Crippen LogP contribution in [0.3, 0.4) is 0 Å². The van der Waals surface area contributed by atoms with Gasteiger partial charge in [0.2, 0.25) is 0 Å². The zero-order valence-corrected chi connectivity index (χ0v) is 22.7. The van der Waals surface area contributed by atoms with Gasteiger partial charge in [0, 0.05) is 28.0 Å². The first-order chi connectivity index (χ1) is 16.8. The Morgan fingerprint density at radius 2 is 1.67 bits per heavy atom. The van der Waals surface area contributed by atoms with Crippen LogP contribution in [0.1, 0.15) is 60.9 Å². The van der Waals surface area contributed by atoms with E-state index in [1.54, 1.807) is 6.92 Å². The molecular weight excluding hydrogens is 450 g/mol. The topological polar surface area (TPSA) is 57.5 Å².